The molecule has 5 amide bonds. The molecule has 1 aromatic heterocycles. The number of Topliss-reactive ketones (excluding diaryl/α,β-unsaturated/α-hetero) is 1. The summed E-state index contributed by atoms with van der Waals surface area (Å²) >= 11 is 0. The average Bonchev–Trinajstić information content (AvgIpc) is 3.50. The van der Waals surface area contributed by atoms with Gasteiger partial charge in [-0.05, 0) is 73.3 Å². The Kier molecular flexibility index (Phi) is 20.5. The van der Waals surface area contributed by atoms with Gasteiger partial charge in [-0.3, -0.25) is 19.2 Å². The number of likely N-dealkylation sites (N-methyl/N-ethyl adjacent to an activating group) is 1. The summed E-state index contributed by atoms with van der Waals surface area (Å²) in [6.07, 6.45) is 3.70. The van der Waals surface area contributed by atoms with E-state index in [1.807, 2.05) is 48.5 Å². The highest BCUT2D eigenvalue weighted by atomic mass is 16.5. The summed E-state index contributed by atoms with van der Waals surface area (Å²) in [5.74, 6) is -1.58. The zero-order valence-corrected chi connectivity index (χ0v) is 31.1. The van der Waals surface area contributed by atoms with Crippen molar-refractivity contribution >= 4 is 29.5 Å². The molecule has 0 saturated carbocycles. The van der Waals surface area contributed by atoms with Crippen LogP contribution in [0, 0.1) is 5.92 Å². The van der Waals surface area contributed by atoms with E-state index >= 15 is 0 Å². The highest BCUT2D eigenvalue weighted by molar-refractivity contribution is 5.93. The quantitative estimate of drug-likeness (QED) is 0.105. The SMILES string of the molecule is CC.CCC(=O)C(CCCNC(N)=O)NC(=O)C(NC(=O)CCC(NC)C(=O)NCc1cn(C(C)(C)CCOC(C)(C)C)nn1)C(C)C. The number of rotatable bonds is 21. The average molecular weight is 682 g/mol. The summed E-state index contributed by atoms with van der Waals surface area (Å²) < 4.78 is 7.61. The third-order valence-electron chi connectivity index (χ3n) is 7.47. The highest BCUT2D eigenvalue weighted by Crippen LogP contribution is 2.20. The molecule has 0 aliphatic carbocycles. The Morgan fingerprint density at radius 2 is 1.60 bits per heavy atom. The Balaban J connectivity index is 0.0000108. The summed E-state index contributed by atoms with van der Waals surface area (Å²) in [4.78, 5) is 62.2. The Labute approximate surface area is 287 Å². The second-order valence-corrected chi connectivity index (χ2v) is 13.4. The maximum Gasteiger partial charge on any atom is 0.312 e. The summed E-state index contributed by atoms with van der Waals surface area (Å²) in [5.41, 5.74) is 5.12. The Morgan fingerprint density at radius 1 is 0.958 bits per heavy atom. The van der Waals surface area contributed by atoms with E-state index in [1.165, 1.54) is 0 Å². The van der Waals surface area contributed by atoms with Crippen LogP contribution in [0.25, 0.3) is 0 Å². The number of carbonyl (C=O) groups is 5. The normalized spacial score (nSPS) is 13.4. The number of aromatic nitrogens is 3. The van der Waals surface area contributed by atoms with Crippen LogP contribution in [0.5, 0.6) is 0 Å². The molecule has 3 atom stereocenters. The minimum Gasteiger partial charge on any atom is -0.376 e. The lowest BCUT2D eigenvalue weighted by atomic mass is 10.00. The van der Waals surface area contributed by atoms with E-state index in [9.17, 15) is 24.0 Å². The molecule has 15 nitrogen and oxygen atoms in total. The standard InChI is InChI=1S/C31H57N9O6.C2H6/c1-10-24(41)22(12-11-16-34-29(32)45)36-28(44)26(20(2)3)37-25(42)14-13-23(33-9)27(43)35-18-21-19-40(39-38-21)31(7,8)15-17-46-30(4,5)6;1-2/h19-20,22-23,26,33H,10-18H2,1-9H3,(H,35,43)(H,36,44)(H,37,42)(H3,32,34,45);1-2H3. The van der Waals surface area contributed by atoms with Gasteiger partial charge in [0.15, 0.2) is 5.78 Å². The van der Waals surface area contributed by atoms with E-state index in [1.54, 1.807) is 38.7 Å². The second kappa shape index (κ2) is 22.1. The van der Waals surface area contributed by atoms with Crippen molar-refractivity contribution in [3.05, 3.63) is 11.9 Å². The van der Waals surface area contributed by atoms with Crippen molar-refractivity contribution in [2.75, 3.05) is 20.2 Å². The molecule has 0 aromatic carbocycles. The van der Waals surface area contributed by atoms with Gasteiger partial charge in [-0.25, -0.2) is 9.48 Å². The maximum absolute atomic E-state index is 13.1. The minimum absolute atomic E-state index is 0.00740. The van der Waals surface area contributed by atoms with Gasteiger partial charge in [0.25, 0.3) is 0 Å². The van der Waals surface area contributed by atoms with Gasteiger partial charge in [-0.1, -0.05) is 39.8 Å². The summed E-state index contributed by atoms with van der Waals surface area (Å²) in [6, 6.07) is -2.95. The molecule has 7 N–H and O–H groups in total. The predicted octanol–water partition coefficient (Wildman–Crippen LogP) is 2.28. The zero-order chi connectivity index (χ0) is 37.1. The fraction of sp³-hybridized carbons (Fsp3) is 0.788. The molecule has 0 spiro atoms. The van der Waals surface area contributed by atoms with E-state index in [4.69, 9.17) is 10.5 Å². The van der Waals surface area contributed by atoms with E-state index in [0.717, 1.165) is 6.42 Å². The Bertz CT molecular complexity index is 1150. The van der Waals surface area contributed by atoms with Crippen LogP contribution >= 0.6 is 0 Å². The zero-order valence-electron chi connectivity index (χ0n) is 31.1. The van der Waals surface area contributed by atoms with Crippen LogP contribution in [0.1, 0.15) is 113 Å². The molecule has 1 heterocycles. The van der Waals surface area contributed by atoms with Crippen molar-refractivity contribution in [2.24, 2.45) is 11.7 Å². The van der Waals surface area contributed by atoms with E-state index in [0.29, 0.717) is 25.1 Å². The number of carbonyl (C=O) groups excluding carboxylic acids is 5. The van der Waals surface area contributed by atoms with Crippen LogP contribution in [0.3, 0.4) is 0 Å². The lowest BCUT2D eigenvalue weighted by Gasteiger charge is -2.27. The molecular weight excluding hydrogens is 618 g/mol. The molecule has 0 aliphatic rings. The third kappa shape index (κ3) is 17.5. The van der Waals surface area contributed by atoms with Gasteiger partial charge in [0.2, 0.25) is 17.7 Å². The minimum atomic E-state index is -0.878. The van der Waals surface area contributed by atoms with Crippen LogP contribution in [0.4, 0.5) is 4.79 Å². The number of primary amides is 1. The molecule has 0 saturated heterocycles. The number of hydrogen-bond donors (Lipinski definition) is 6. The first-order valence-corrected chi connectivity index (χ1v) is 17.1. The second-order valence-electron chi connectivity index (χ2n) is 13.4. The molecule has 0 radical (unpaired) electrons. The van der Waals surface area contributed by atoms with Crippen molar-refractivity contribution in [3.63, 3.8) is 0 Å². The Hall–Kier alpha value is -3.59. The van der Waals surface area contributed by atoms with Gasteiger partial charge >= 0.3 is 6.03 Å². The number of amides is 5. The van der Waals surface area contributed by atoms with Crippen molar-refractivity contribution in [2.45, 2.75) is 144 Å². The molecule has 276 valence electrons. The van der Waals surface area contributed by atoms with Gasteiger partial charge in [-0.15, -0.1) is 5.10 Å². The van der Waals surface area contributed by atoms with Crippen molar-refractivity contribution < 1.29 is 28.7 Å². The number of nitrogens with one attached hydrogen (secondary N) is 5. The van der Waals surface area contributed by atoms with Crippen LogP contribution in [-0.4, -0.2) is 88.5 Å². The van der Waals surface area contributed by atoms with Gasteiger partial charge in [0.05, 0.1) is 36.0 Å². The number of ether oxygens (including phenoxy) is 1. The molecule has 1 aromatic rings. The number of nitrogens with two attached hydrogens (primary N) is 1. The van der Waals surface area contributed by atoms with Gasteiger partial charge < -0.3 is 37.1 Å². The van der Waals surface area contributed by atoms with Gasteiger partial charge in [0.1, 0.15) is 11.7 Å². The van der Waals surface area contributed by atoms with Crippen LogP contribution in [0.15, 0.2) is 6.20 Å². The summed E-state index contributed by atoms with van der Waals surface area (Å²) in [5, 5.41) is 22.2. The summed E-state index contributed by atoms with van der Waals surface area (Å²) in [6.45, 7) is 20.4. The third-order valence-corrected chi connectivity index (χ3v) is 7.47. The van der Waals surface area contributed by atoms with E-state index < -0.39 is 36.0 Å². The lowest BCUT2D eigenvalue weighted by Crippen LogP contribution is -2.54. The first-order chi connectivity index (χ1) is 22.4. The molecule has 15 heteroatoms. The number of nitrogens with zero attached hydrogens (tertiary/aromatic N) is 3. The van der Waals surface area contributed by atoms with Crippen molar-refractivity contribution in [1.82, 2.24) is 41.6 Å². The Morgan fingerprint density at radius 3 is 2.15 bits per heavy atom. The lowest BCUT2D eigenvalue weighted by molar-refractivity contribution is -0.132. The monoisotopic (exact) mass is 681 g/mol. The van der Waals surface area contributed by atoms with Crippen molar-refractivity contribution in [1.29, 1.82) is 0 Å². The predicted molar refractivity (Wildman–Crippen MR) is 186 cm³/mol. The topological polar surface area (TPSA) is 211 Å². The molecule has 0 bridgehead atoms. The molecular formula is C33H63N9O6. The first-order valence-electron chi connectivity index (χ1n) is 17.1. The molecule has 1 rings (SSSR count). The fourth-order valence-electron chi connectivity index (χ4n) is 4.50. The highest BCUT2D eigenvalue weighted by Gasteiger charge is 2.29. The van der Waals surface area contributed by atoms with Crippen molar-refractivity contribution in [3.8, 4) is 0 Å². The molecule has 0 aliphatic heterocycles. The van der Waals surface area contributed by atoms with E-state index in [-0.39, 0.29) is 61.1 Å². The van der Waals surface area contributed by atoms with Crippen LogP contribution < -0.4 is 32.3 Å². The molecule has 48 heavy (non-hydrogen) atoms. The molecule has 0 fully saturated rings. The maximum atomic E-state index is 13.1. The van der Waals surface area contributed by atoms with Crippen LogP contribution in [-0.2, 0) is 36.0 Å². The molecule has 3 unspecified atom stereocenters. The van der Waals surface area contributed by atoms with Gasteiger partial charge in [0, 0.05) is 26.0 Å². The smallest absolute Gasteiger partial charge is 0.312 e. The van der Waals surface area contributed by atoms with Gasteiger partial charge in [-0.2, -0.15) is 0 Å². The first kappa shape index (κ1) is 44.4. The number of urea groups is 1. The number of hydrogen-bond acceptors (Lipinski definition) is 9. The van der Waals surface area contributed by atoms with Crippen LogP contribution in [0.2, 0.25) is 0 Å². The summed E-state index contributed by atoms with van der Waals surface area (Å²) in [7, 11) is 1.63. The largest absolute Gasteiger partial charge is 0.376 e. The number of ketones is 1. The van der Waals surface area contributed by atoms with E-state index in [2.05, 4.69) is 36.9 Å². The fourth-order valence-corrected chi connectivity index (χ4v) is 4.50.